The zero-order valence-electron chi connectivity index (χ0n) is 8.87. The predicted molar refractivity (Wildman–Crippen MR) is 63.7 cm³/mol. The van der Waals surface area contributed by atoms with Gasteiger partial charge in [-0.25, -0.2) is 4.98 Å². The van der Waals surface area contributed by atoms with Crippen molar-refractivity contribution in [2.24, 2.45) is 0 Å². The topological polar surface area (TPSA) is 34.1 Å². The molecule has 1 fully saturated rings. The van der Waals surface area contributed by atoms with Gasteiger partial charge in [0.2, 0.25) is 0 Å². The first-order valence-corrected chi connectivity index (χ1v) is 5.65. The number of hydrogen-bond donors (Lipinski definition) is 1. The molecule has 0 saturated carbocycles. The maximum absolute atomic E-state index is 5.80. The average Bonchev–Trinajstić information content (AvgIpc) is 2.81. The molecule has 1 atom stereocenters. The number of terminal acetylenes is 1. The van der Waals surface area contributed by atoms with Crippen molar-refractivity contribution in [3.8, 4) is 18.1 Å². The van der Waals surface area contributed by atoms with Crippen molar-refractivity contribution in [1.82, 2.24) is 10.3 Å². The fourth-order valence-corrected chi connectivity index (χ4v) is 1.86. The van der Waals surface area contributed by atoms with Gasteiger partial charge in [0.05, 0.1) is 11.8 Å². The molecule has 2 rings (SSSR count). The molecule has 1 saturated heterocycles. The Morgan fingerprint density at radius 2 is 2.56 bits per heavy atom. The van der Waals surface area contributed by atoms with Crippen LogP contribution in [0.2, 0.25) is 5.15 Å². The second-order valence-corrected chi connectivity index (χ2v) is 4.12. The lowest BCUT2D eigenvalue weighted by molar-refractivity contribution is 0.276. The van der Waals surface area contributed by atoms with E-state index < -0.39 is 0 Å². The summed E-state index contributed by atoms with van der Waals surface area (Å²) in [6.45, 7) is 1.72. The van der Waals surface area contributed by atoms with Crippen LogP contribution < -0.4 is 10.1 Å². The van der Waals surface area contributed by atoms with Gasteiger partial charge in [0.1, 0.15) is 17.5 Å². The van der Waals surface area contributed by atoms with E-state index in [1.807, 2.05) is 0 Å². The fourth-order valence-electron chi connectivity index (χ4n) is 1.70. The molecule has 84 valence electrons. The van der Waals surface area contributed by atoms with Gasteiger partial charge in [-0.2, -0.15) is 0 Å². The highest BCUT2D eigenvalue weighted by Crippen LogP contribution is 2.18. The summed E-state index contributed by atoms with van der Waals surface area (Å²) < 4.78 is 5.61. The molecular formula is C12H13ClN2O. The average molecular weight is 237 g/mol. The Morgan fingerprint density at radius 1 is 1.69 bits per heavy atom. The van der Waals surface area contributed by atoms with Gasteiger partial charge >= 0.3 is 0 Å². The molecule has 3 nitrogen and oxygen atoms in total. The summed E-state index contributed by atoms with van der Waals surface area (Å²) in [6.07, 6.45) is 9.26. The monoisotopic (exact) mass is 236 g/mol. The minimum atomic E-state index is 0.342. The Morgan fingerprint density at radius 3 is 3.25 bits per heavy atom. The third-order valence-corrected chi connectivity index (χ3v) is 2.88. The van der Waals surface area contributed by atoms with Gasteiger partial charge in [-0.15, -0.1) is 6.42 Å². The van der Waals surface area contributed by atoms with E-state index in [-0.39, 0.29) is 0 Å². The van der Waals surface area contributed by atoms with Gasteiger partial charge < -0.3 is 10.1 Å². The van der Waals surface area contributed by atoms with Crippen LogP contribution in [0.5, 0.6) is 5.75 Å². The fraction of sp³-hybridized carbons (Fsp3) is 0.417. The maximum atomic E-state index is 5.80. The molecular weight excluding hydrogens is 224 g/mol. The Kier molecular flexibility index (Phi) is 3.66. The molecule has 0 bridgehead atoms. The Bertz CT molecular complexity index is 408. The minimum Gasteiger partial charge on any atom is -0.490 e. The van der Waals surface area contributed by atoms with Crippen molar-refractivity contribution in [2.45, 2.75) is 18.9 Å². The normalized spacial score (nSPS) is 19.4. The lowest BCUT2D eigenvalue weighted by atomic mass is 10.2. The van der Waals surface area contributed by atoms with Crippen molar-refractivity contribution in [1.29, 1.82) is 0 Å². The second kappa shape index (κ2) is 5.20. The first-order chi connectivity index (χ1) is 7.79. The van der Waals surface area contributed by atoms with Crippen LogP contribution in [0.1, 0.15) is 18.4 Å². The first-order valence-electron chi connectivity index (χ1n) is 5.28. The highest BCUT2D eigenvalue weighted by Gasteiger charge is 2.14. The summed E-state index contributed by atoms with van der Waals surface area (Å²) in [7, 11) is 0. The van der Waals surface area contributed by atoms with E-state index >= 15 is 0 Å². The standard InChI is InChI=1S/C12H13ClN2O/c1-2-9-6-11(7-15-12(9)13)16-8-10-4-3-5-14-10/h1,6-7,10,14H,3-5,8H2. The first kappa shape index (κ1) is 11.3. The molecule has 1 aromatic rings. The van der Waals surface area contributed by atoms with E-state index in [0.29, 0.717) is 29.1 Å². The minimum absolute atomic E-state index is 0.342. The number of ether oxygens (including phenoxy) is 1. The number of nitrogens with zero attached hydrogens (tertiary/aromatic N) is 1. The smallest absolute Gasteiger partial charge is 0.144 e. The number of hydrogen-bond acceptors (Lipinski definition) is 3. The number of aromatic nitrogens is 1. The highest BCUT2D eigenvalue weighted by atomic mass is 35.5. The third-order valence-electron chi connectivity index (χ3n) is 2.58. The SMILES string of the molecule is C#Cc1cc(OCC2CCCN2)cnc1Cl. The van der Waals surface area contributed by atoms with E-state index in [2.05, 4.69) is 16.2 Å². The molecule has 0 radical (unpaired) electrons. The van der Waals surface area contributed by atoms with Crippen LogP contribution in [0.15, 0.2) is 12.3 Å². The molecule has 1 aliphatic heterocycles. The molecule has 0 amide bonds. The molecule has 0 spiro atoms. The van der Waals surface area contributed by atoms with Crippen molar-refractivity contribution >= 4 is 11.6 Å². The molecule has 0 aromatic carbocycles. The zero-order chi connectivity index (χ0) is 11.4. The van der Waals surface area contributed by atoms with Gasteiger partial charge in [-0.1, -0.05) is 17.5 Å². The van der Waals surface area contributed by atoms with E-state index in [1.165, 1.54) is 6.42 Å². The molecule has 1 aromatic heterocycles. The van der Waals surface area contributed by atoms with Gasteiger partial charge in [-0.3, -0.25) is 0 Å². The summed E-state index contributed by atoms with van der Waals surface area (Å²) in [4.78, 5) is 3.97. The molecule has 1 unspecified atom stereocenters. The van der Waals surface area contributed by atoms with E-state index in [0.717, 1.165) is 13.0 Å². The van der Waals surface area contributed by atoms with Crippen molar-refractivity contribution < 1.29 is 4.74 Å². The van der Waals surface area contributed by atoms with Crippen LogP contribution >= 0.6 is 11.6 Å². The van der Waals surface area contributed by atoms with E-state index in [9.17, 15) is 0 Å². The molecule has 0 aliphatic carbocycles. The number of halogens is 1. The summed E-state index contributed by atoms with van der Waals surface area (Å²) >= 11 is 5.80. The van der Waals surface area contributed by atoms with E-state index in [1.54, 1.807) is 12.3 Å². The van der Waals surface area contributed by atoms with Crippen LogP contribution in [-0.2, 0) is 0 Å². The highest BCUT2D eigenvalue weighted by molar-refractivity contribution is 6.30. The molecule has 1 aliphatic rings. The summed E-state index contributed by atoms with van der Waals surface area (Å²) in [5, 5.41) is 3.70. The number of nitrogens with one attached hydrogen (secondary N) is 1. The van der Waals surface area contributed by atoms with Crippen molar-refractivity contribution in [2.75, 3.05) is 13.2 Å². The van der Waals surface area contributed by atoms with Crippen LogP contribution in [0.25, 0.3) is 0 Å². The van der Waals surface area contributed by atoms with Gasteiger partial charge in [0.25, 0.3) is 0 Å². The Balaban J connectivity index is 1.96. The molecule has 2 heterocycles. The van der Waals surface area contributed by atoms with Crippen LogP contribution in [-0.4, -0.2) is 24.2 Å². The second-order valence-electron chi connectivity index (χ2n) is 3.76. The largest absolute Gasteiger partial charge is 0.490 e. The molecule has 1 N–H and O–H groups in total. The van der Waals surface area contributed by atoms with Gasteiger partial charge in [0.15, 0.2) is 0 Å². The Hall–Kier alpha value is -1.24. The quantitative estimate of drug-likeness (QED) is 0.643. The Labute approximate surface area is 100 Å². The predicted octanol–water partition coefficient (Wildman–Crippen LogP) is 1.85. The van der Waals surface area contributed by atoms with Gasteiger partial charge in [0, 0.05) is 12.1 Å². The summed E-state index contributed by atoms with van der Waals surface area (Å²) in [5.41, 5.74) is 0.568. The maximum Gasteiger partial charge on any atom is 0.144 e. The lowest BCUT2D eigenvalue weighted by Gasteiger charge is -2.12. The lowest BCUT2D eigenvalue weighted by Crippen LogP contribution is -2.28. The summed E-state index contributed by atoms with van der Waals surface area (Å²) in [5.74, 6) is 3.15. The van der Waals surface area contributed by atoms with Crippen LogP contribution in [0.4, 0.5) is 0 Å². The van der Waals surface area contributed by atoms with Crippen LogP contribution in [0, 0.1) is 12.3 Å². The van der Waals surface area contributed by atoms with Crippen LogP contribution in [0.3, 0.4) is 0 Å². The van der Waals surface area contributed by atoms with E-state index in [4.69, 9.17) is 22.8 Å². The van der Waals surface area contributed by atoms with Gasteiger partial charge in [-0.05, 0) is 19.4 Å². The zero-order valence-corrected chi connectivity index (χ0v) is 9.63. The third kappa shape index (κ3) is 2.66. The van der Waals surface area contributed by atoms with Crippen molar-refractivity contribution in [3.05, 3.63) is 23.0 Å². The number of pyridine rings is 1. The summed E-state index contributed by atoms with van der Waals surface area (Å²) in [6, 6.07) is 2.18. The number of rotatable bonds is 3. The molecule has 16 heavy (non-hydrogen) atoms. The van der Waals surface area contributed by atoms with Crippen molar-refractivity contribution in [3.63, 3.8) is 0 Å². The molecule has 4 heteroatoms.